The van der Waals surface area contributed by atoms with E-state index in [-0.39, 0.29) is 103 Å². The van der Waals surface area contributed by atoms with Gasteiger partial charge in [-0.1, -0.05) is 147 Å². The van der Waals surface area contributed by atoms with Crippen LogP contribution in [0.2, 0.25) is 0 Å². The van der Waals surface area contributed by atoms with Crippen LogP contribution in [0, 0.1) is 10.1 Å². The third kappa shape index (κ3) is 26.3. The van der Waals surface area contributed by atoms with Crippen LogP contribution in [0.4, 0.5) is 0 Å². The number of carbonyl (C=O) groups excluding carboxylic acids is 4. The SMILES string of the molecule is CC.CN.CO.C[N+](=O)[O-].O=C([O-])CN1Cc2cccc(n2)-c2cc(-c3ccc(-c4ccccc4)cc3)cc(n2)-c2cccc(n2)CN(CC(=O)[O-])Cc2ccn(n2)-c2cncc(n2)-n2ccc(n2)C1.O=C([O-])CN1Cc2cccc(n2)-c2cc(-c3ccc(-c4ccccc4)cc3)cc(n2)-c2cccc(n2)CN(CC(=O)[O-])Cc2ccn(n2)-c2cncc(n2)-n2ccc(n2)C1.[Cl-].[Cl-]. The molecule has 132 heavy (non-hydrogen) atoms. The highest BCUT2D eigenvalue weighted by Crippen LogP contribution is 2.35. The zero-order valence-corrected chi connectivity index (χ0v) is 73.7. The molecular weight excluding hydrogens is 1720 g/mol. The van der Waals surface area contributed by atoms with Crippen LogP contribution in [-0.4, -0.2) is 190 Å². The molecule has 0 atom stereocenters. The maximum absolute atomic E-state index is 12.0. The van der Waals surface area contributed by atoms with E-state index in [1.165, 1.54) is 7.05 Å². The number of aliphatic carboxylic acids is 4. The topological polar surface area (TPSA) is 463 Å². The fourth-order valence-corrected chi connectivity index (χ4v) is 14.4. The second kappa shape index (κ2) is 46.9. The number of aliphatic hydroxyl groups is 1. The molecule has 35 nitrogen and oxygen atoms in total. The number of aliphatic hydroxyl groups excluding tert-OH is 1. The number of carboxylic acid groups (broad SMARTS) is 4. The minimum atomic E-state index is -1.23. The van der Waals surface area contributed by atoms with Crippen molar-refractivity contribution >= 4 is 23.9 Å². The number of halogens is 2. The fraction of sp³-hybridized carbons (Fsp3) is 0.179. The monoisotopic (exact) mass is 1810 g/mol. The number of carboxylic acids is 4. The largest absolute Gasteiger partial charge is 1.00 e. The Morgan fingerprint density at radius 3 is 0.742 bits per heavy atom. The lowest BCUT2D eigenvalue weighted by Crippen LogP contribution is -3.00. The second-order valence-corrected chi connectivity index (χ2v) is 29.2. The van der Waals surface area contributed by atoms with Crippen LogP contribution in [0.3, 0.4) is 0 Å². The number of benzene rings is 4. The molecule has 0 saturated heterocycles. The molecule has 674 valence electrons. The van der Waals surface area contributed by atoms with Crippen LogP contribution >= 0.6 is 0 Å². The molecule has 0 fully saturated rings. The van der Waals surface area contributed by atoms with Gasteiger partial charge in [0, 0.05) is 115 Å². The van der Waals surface area contributed by atoms with E-state index in [4.69, 9.17) is 55.1 Å². The van der Waals surface area contributed by atoms with Crippen LogP contribution in [0.1, 0.15) is 59.4 Å². The van der Waals surface area contributed by atoms with Crippen molar-refractivity contribution in [2.45, 2.75) is 66.2 Å². The molecule has 18 rings (SSSR count). The van der Waals surface area contributed by atoms with Crippen LogP contribution in [-0.2, 0) is 71.5 Å². The van der Waals surface area contributed by atoms with Crippen LogP contribution in [0.15, 0.2) is 280 Å². The summed E-state index contributed by atoms with van der Waals surface area (Å²) in [7, 11) is 3.39. The number of nitrogens with two attached hydrogens (primary N) is 1. The molecule has 0 amide bonds. The van der Waals surface area contributed by atoms with E-state index in [1.54, 1.807) is 112 Å². The van der Waals surface area contributed by atoms with Crippen molar-refractivity contribution < 1.29 is 74.4 Å². The number of pyridine rings is 6. The highest BCUT2D eigenvalue weighted by Gasteiger charge is 2.23. The molecule has 0 unspecified atom stereocenters. The Hall–Kier alpha value is -15.6. The standard InChI is InChI=1S/2C45H37N11O4.C2H6.CH3NO2.CH5N.CH4O.2ClH/c2*57-44(58)28-53-24-34-8-4-10-38(47-34)40-20-33(32-14-12-31(13-15-32)30-6-2-1-3-7-30)21-41(49-40)39-11-5-9-35(48-39)25-54(29-45(59)60)27-37-17-19-56(52-37)43-23-46-22-42(50-43)55-18-16-36(26-53)51-55;1-2;1-2(3)4;2*1-2;;/h2*1-23H,24-29H2,(H,57,58)(H,59,60);1-2H3;1H3;2H2,1H3;2H,1H3;2*1H/p-6. The Morgan fingerprint density at radius 2 is 0.515 bits per heavy atom. The van der Waals surface area contributed by atoms with Crippen LogP contribution in [0.5, 0.6) is 0 Å². The predicted molar refractivity (Wildman–Crippen MR) is 475 cm³/mol. The molecule has 2 aliphatic heterocycles. The van der Waals surface area contributed by atoms with Crippen molar-refractivity contribution in [3.05, 3.63) is 336 Å². The van der Waals surface area contributed by atoms with Gasteiger partial charge in [-0.05, 0) is 149 Å². The number of hydrogen-bond acceptors (Lipinski definition) is 30. The average Bonchev–Trinajstić information content (AvgIpc) is 1.24. The first-order valence-corrected chi connectivity index (χ1v) is 41.1. The Labute approximate surface area is 771 Å². The third-order valence-corrected chi connectivity index (χ3v) is 19.8. The number of nitrogens with zero attached hydrogens (tertiary/aromatic N) is 23. The van der Waals surface area contributed by atoms with E-state index in [2.05, 4.69) is 109 Å². The first-order chi connectivity index (χ1) is 63.3. The van der Waals surface area contributed by atoms with Gasteiger partial charge in [-0.2, -0.15) is 20.4 Å². The van der Waals surface area contributed by atoms with Gasteiger partial charge in [0.05, 0.1) is 140 Å². The minimum absolute atomic E-state index is 0. The third-order valence-electron chi connectivity index (χ3n) is 19.8. The lowest BCUT2D eigenvalue weighted by atomic mass is 9.99. The minimum Gasteiger partial charge on any atom is -1.00 e. The van der Waals surface area contributed by atoms with Crippen molar-refractivity contribution in [2.24, 2.45) is 5.73 Å². The van der Waals surface area contributed by atoms with E-state index in [9.17, 15) is 39.6 Å². The summed E-state index contributed by atoms with van der Waals surface area (Å²) in [5.74, 6) is -3.27. The molecule has 0 radical (unpaired) electrons. The summed E-state index contributed by atoms with van der Waals surface area (Å²) < 4.78 is 6.22. The zero-order chi connectivity index (χ0) is 91.6. The Morgan fingerprint density at radius 1 is 0.303 bits per heavy atom. The molecule has 37 heteroatoms. The Kier molecular flexibility index (Phi) is 34.5. The normalized spacial score (nSPS) is 12.4. The van der Waals surface area contributed by atoms with Gasteiger partial charge in [0.25, 0.3) is 0 Å². The van der Waals surface area contributed by atoms with Gasteiger partial charge in [0.1, 0.15) is 0 Å². The summed E-state index contributed by atoms with van der Waals surface area (Å²) in [4.78, 5) is 111. The lowest BCUT2D eigenvalue weighted by Gasteiger charge is -2.22. The molecule has 16 aromatic rings. The van der Waals surface area contributed by atoms with Crippen molar-refractivity contribution in [3.63, 3.8) is 0 Å². The van der Waals surface area contributed by atoms with Crippen LogP contribution in [0.25, 0.3) is 113 Å². The summed E-state index contributed by atoms with van der Waals surface area (Å²) in [5, 5.41) is 82.4. The van der Waals surface area contributed by atoms with E-state index < -0.39 is 28.8 Å². The quantitative estimate of drug-likeness (QED) is 0.128. The second-order valence-electron chi connectivity index (χ2n) is 29.2. The molecular formula is C95H88Cl2N24O11-6. The molecule has 4 aromatic carbocycles. The molecule has 14 heterocycles. The number of aromatic nitrogens is 18. The van der Waals surface area contributed by atoms with Gasteiger partial charge in [-0.25, -0.2) is 58.6 Å². The van der Waals surface area contributed by atoms with Crippen molar-refractivity contribution in [3.8, 4) is 113 Å². The number of rotatable bonds is 12. The smallest absolute Gasteiger partial charge is 0.194 e. The van der Waals surface area contributed by atoms with Gasteiger partial charge < -0.3 is 75.3 Å². The highest BCUT2D eigenvalue weighted by molar-refractivity contribution is 5.79. The van der Waals surface area contributed by atoms with Crippen molar-refractivity contribution in [1.82, 2.24) is 109 Å². The fourth-order valence-electron chi connectivity index (χ4n) is 14.4. The number of carbonyl (C=O) groups is 4. The summed E-state index contributed by atoms with van der Waals surface area (Å²) in [6.07, 6.45) is 13.1. The Bertz CT molecular complexity index is 5890. The molecule has 12 aromatic heterocycles. The summed E-state index contributed by atoms with van der Waals surface area (Å²) in [6, 6.07) is 74.3. The van der Waals surface area contributed by atoms with Crippen LogP contribution < -0.4 is 51.0 Å². The lowest BCUT2D eigenvalue weighted by molar-refractivity contribution is -0.445. The summed E-state index contributed by atoms with van der Waals surface area (Å²) in [6.45, 7) is 4.07. The van der Waals surface area contributed by atoms with Gasteiger partial charge in [0.2, 0.25) is 0 Å². The highest BCUT2D eigenvalue weighted by atomic mass is 35.5. The van der Waals surface area contributed by atoms with E-state index in [1.807, 2.05) is 147 Å². The van der Waals surface area contributed by atoms with E-state index in [0.29, 0.717) is 114 Å². The molecule has 0 spiro atoms. The van der Waals surface area contributed by atoms with Gasteiger partial charge >= 0.3 is 0 Å². The molecule has 24 bridgehead atoms. The van der Waals surface area contributed by atoms with Gasteiger partial charge in [0.15, 0.2) is 30.3 Å². The first-order valence-electron chi connectivity index (χ1n) is 41.1. The maximum atomic E-state index is 12.0. The predicted octanol–water partition coefficient (Wildman–Crippen LogP) is 1.15. The van der Waals surface area contributed by atoms with E-state index in [0.717, 1.165) is 58.7 Å². The summed E-state index contributed by atoms with van der Waals surface area (Å²) >= 11 is 0. The van der Waals surface area contributed by atoms with Crippen molar-refractivity contribution in [1.29, 1.82) is 0 Å². The molecule has 3 N–H and O–H groups in total. The molecule has 0 aliphatic carbocycles. The number of hydrogen-bond donors (Lipinski definition) is 2. The average molecular weight is 1810 g/mol. The Balaban J connectivity index is 0.000000229. The number of nitro groups is 1. The number of fused-ring (bicyclic) bond motifs is 32. The zero-order valence-electron chi connectivity index (χ0n) is 72.2. The van der Waals surface area contributed by atoms with Gasteiger partial charge in [-0.3, -0.25) is 39.7 Å². The maximum Gasteiger partial charge on any atom is 0.194 e. The van der Waals surface area contributed by atoms with E-state index >= 15 is 0 Å². The molecule has 0 saturated carbocycles. The molecule has 2 aliphatic rings. The van der Waals surface area contributed by atoms with Gasteiger partial charge in [-0.15, -0.1) is 0 Å². The van der Waals surface area contributed by atoms with Crippen molar-refractivity contribution in [2.75, 3.05) is 47.4 Å². The first kappa shape index (κ1) is 97.0. The summed E-state index contributed by atoms with van der Waals surface area (Å²) in [5.41, 5.74) is 22.1.